The maximum absolute atomic E-state index is 12.6. The quantitative estimate of drug-likeness (QED) is 0.717. The average Bonchev–Trinajstić information content (AvgIpc) is 3.18. The zero-order valence-electron chi connectivity index (χ0n) is 14.7. The summed E-state index contributed by atoms with van der Waals surface area (Å²) in [7, 11) is 0. The van der Waals surface area contributed by atoms with Crippen molar-refractivity contribution in [3.05, 3.63) is 65.2 Å². The predicted molar refractivity (Wildman–Crippen MR) is 107 cm³/mol. The fraction of sp³-hybridized carbons (Fsp3) is 0.263. The molecule has 1 heterocycles. The molecule has 0 atom stereocenters. The number of amides is 1. The average molecular weight is 426 g/mol. The van der Waals surface area contributed by atoms with Crippen LogP contribution in [-0.2, 0) is 12.3 Å². The standard InChI is InChI=1S/C19H17F3N2O2S2/c20-19(21,22)26-16-8-4-2-5-13(16)11-24-17(25)15-7-3-1-6-14(15)12-28-18-23-9-10-27-18/h1-8H,9-12H2,(H,24,25). The molecule has 0 radical (unpaired) electrons. The number of alkyl halides is 3. The van der Waals surface area contributed by atoms with Crippen LogP contribution in [0.25, 0.3) is 0 Å². The Morgan fingerprint density at radius 3 is 2.57 bits per heavy atom. The number of para-hydroxylation sites is 1. The molecule has 9 heteroatoms. The van der Waals surface area contributed by atoms with E-state index >= 15 is 0 Å². The Hall–Kier alpha value is -2.13. The Bertz CT molecular complexity index is 872. The van der Waals surface area contributed by atoms with Crippen molar-refractivity contribution >= 4 is 33.8 Å². The normalized spacial score (nSPS) is 13.9. The summed E-state index contributed by atoms with van der Waals surface area (Å²) in [6.45, 7) is 0.740. The molecule has 1 amide bonds. The van der Waals surface area contributed by atoms with Crippen molar-refractivity contribution in [1.82, 2.24) is 5.32 Å². The summed E-state index contributed by atoms with van der Waals surface area (Å²) in [5.41, 5.74) is 1.59. The predicted octanol–water partition coefficient (Wildman–Crippen LogP) is 4.85. The van der Waals surface area contributed by atoms with Crippen molar-refractivity contribution in [1.29, 1.82) is 0 Å². The molecule has 1 N–H and O–H groups in total. The Morgan fingerprint density at radius 1 is 1.14 bits per heavy atom. The van der Waals surface area contributed by atoms with Crippen LogP contribution in [-0.4, -0.2) is 28.9 Å². The molecule has 0 unspecified atom stereocenters. The van der Waals surface area contributed by atoms with Crippen molar-refractivity contribution < 1.29 is 22.7 Å². The van der Waals surface area contributed by atoms with Crippen molar-refractivity contribution in [2.45, 2.75) is 18.7 Å². The van der Waals surface area contributed by atoms with Gasteiger partial charge in [0, 0.05) is 29.2 Å². The SMILES string of the molecule is O=C(NCc1ccccc1OC(F)(F)F)c1ccccc1CSC1=NCCS1. The van der Waals surface area contributed by atoms with E-state index in [-0.39, 0.29) is 23.8 Å². The summed E-state index contributed by atoms with van der Waals surface area (Å²) < 4.78 is 42.6. The number of carbonyl (C=O) groups is 1. The molecule has 0 spiro atoms. The molecule has 0 aliphatic carbocycles. The molecule has 1 aliphatic rings. The summed E-state index contributed by atoms with van der Waals surface area (Å²) >= 11 is 3.28. The minimum absolute atomic E-state index is 0.0743. The van der Waals surface area contributed by atoms with Crippen molar-refractivity contribution in [2.24, 2.45) is 4.99 Å². The molecule has 2 aromatic rings. The lowest BCUT2D eigenvalue weighted by atomic mass is 10.1. The topological polar surface area (TPSA) is 50.7 Å². The van der Waals surface area contributed by atoms with Crippen LogP contribution in [0.4, 0.5) is 13.2 Å². The number of carbonyl (C=O) groups excluding carboxylic acids is 1. The van der Waals surface area contributed by atoms with Crippen LogP contribution in [0.2, 0.25) is 0 Å². The summed E-state index contributed by atoms with van der Waals surface area (Å²) in [5.74, 6) is 0.905. The number of thioether (sulfide) groups is 2. The zero-order chi connectivity index (χ0) is 20.0. The number of aliphatic imine (C=N–C) groups is 1. The minimum atomic E-state index is -4.79. The summed E-state index contributed by atoms with van der Waals surface area (Å²) in [6.07, 6.45) is -4.79. The van der Waals surface area contributed by atoms with E-state index in [4.69, 9.17) is 0 Å². The highest BCUT2D eigenvalue weighted by molar-refractivity contribution is 8.38. The van der Waals surface area contributed by atoms with Gasteiger partial charge in [0.1, 0.15) is 10.1 Å². The van der Waals surface area contributed by atoms with Crippen LogP contribution < -0.4 is 10.1 Å². The van der Waals surface area contributed by atoms with Crippen LogP contribution in [0.15, 0.2) is 53.5 Å². The molecule has 2 aromatic carbocycles. The molecular weight excluding hydrogens is 409 g/mol. The van der Waals surface area contributed by atoms with Gasteiger partial charge in [-0.15, -0.1) is 13.2 Å². The second-order valence-corrected chi connectivity index (χ2v) is 8.09. The molecule has 4 nitrogen and oxygen atoms in total. The third-order valence-electron chi connectivity index (χ3n) is 3.81. The van der Waals surface area contributed by atoms with E-state index in [1.54, 1.807) is 41.7 Å². The van der Waals surface area contributed by atoms with Crippen LogP contribution in [0.1, 0.15) is 21.5 Å². The lowest BCUT2D eigenvalue weighted by molar-refractivity contribution is -0.274. The van der Waals surface area contributed by atoms with Gasteiger partial charge in [0.2, 0.25) is 0 Å². The van der Waals surface area contributed by atoms with E-state index in [1.807, 2.05) is 12.1 Å². The maximum atomic E-state index is 12.6. The molecule has 3 rings (SSSR count). The van der Waals surface area contributed by atoms with E-state index < -0.39 is 6.36 Å². The van der Waals surface area contributed by atoms with Crippen molar-refractivity contribution in [2.75, 3.05) is 12.3 Å². The van der Waals surface area contributed by atoms with E-state index in [9.17, 15) is 18.0 Å². The van der Waals surface area contributed by atoms with E-state index in [0.717, 1.165) is 22.2 Å². The van der Waals surface area contributed by atoms with Gasteiger partial charge in [0.25, 0.3) is 5.91 Å². The molecule has 0 aromatic heterocycles. The second kappa shape index (κ2) is 9.38. The summed E-state index contributed by atoms with van der Waals surface area (Å²) in [5, 5.41) is 2.68. The first kappa shape index (κ1) is 20.6. The smallest absolute Gasteiger partial charge is 0.405 e. The fourth-order valence-corrected chi connectivity index (χ4v) is 4.57. The summed E-state index contributed by atoms with van der Waals surface area (Å²) in [4.78, 5) is 17.0. The number of ether oxygens (including phenoxy) is 1. The molecule has 0 bridgehead atoms. The first-order valence-electron chi connectivity index (χ1n) is 8.42. The van der Waals surface area contributed by atoms with Gasteiger partial charge in [-0.05, 0) is 17.7 Å². The Labute approximate surface area is 169 Å². The molecule has 0 saturated carbocycles. The Balaban J connectivity index is 1.66. The van der Waals surface area contributed by atoms with Crippen LogP contribution in [0.3, 0.4) is 0 Å². The van der Waals surface area contributed by atoms with Gasteiger partial charge in [-0.3, -0.25) is 9.79 Å². The minimum Gasteiger partial charge on any atom is -0.405 e. The van der Waals surface area contributed by atoms with Crippen molar-refractivity contribution in [3.8, 4) is 5.75 Å². The third-order valence-corrected chi connectivity index (χ3v) is 6.11. The van der Waals surface area contributed by atoms with Gasteiger partial charge in [0.15, 0.2) is 0 Å². The number of halogens is 3. The Kier molecular flexibility index (Phi) is 6.90. The molecule has 0 saturated heterocycles. The van der Waals surface area contributed by atoms with Crippen LogP contribution in [0, 0.1) is 0 Å². The monoisotopic (exact) mass is 426 g/mol. The van der Waals surface area contributed by atoms with Gasteiger partial charge in [0.05, 0.1) is 6.54 Å². The number of benzene rings is 2. The highest BCUT2D eigenvalue weighted by Gasteiger charge is 2.32. The summed E-state index contributed by atoms with van der Waals surface area (Å²) in [6, 6.07) is 12.9. The molecule has 1 aliphatic heterocycles. The number of nitrogens with zero attached hydrogens (tertiary/aromatic N) is 1. The molecule has 28 heavy (non-hydrogen) atoms. The van der Waals surface area contributed by atoms with E-state index in [0.29, 0.717) is 11.3 Å². The lowest BCUT2D eigenvalue weighted by Crippen LogP contribution is -2.25. The highest BCUT2D eigenvalue weighted by Crippen LogP contribution is 2.28. The zero-order valence-corrected chi connectivity index (χ0v) is 16.3. The first-order chi connectivity index (χ1) is 13.4. The molecule has 0 fully saturated rings. The largest absolute Gasteiger partial charge is 0.573 e. The number of hydrogen-bond acceptors (Lipinski definition) is 5. The highest BCUT2D eigenvalue weighted by atomic mass is 32.2. The van der Waals surface area contributed by atoms with Gasteiger partial charge in [-0.2, -0.15) is 0 Å². The number of rotatable bonds is 6. The third kappa shape index (κ3) is 5.93. The van der Waals surface area contributed by atoms with E-state index in [1.165, 1.54) is 18.2 Å². The maximum Gasteiger partial charge on any atom is 0.573 e. The van der Waals surface area contributed by atoms with Gasteiger partial charge < -0.3 is 10.1 Å². The van der Waals surface area contributed by atoms with Crippen molar-refractivity contribution in [3.63, 3.8) is 0 Å². The molecular formula is C19H17F3N2O2S2. The lowest BCUT2D eigenvalue weighted by Gasteiger charge is -2.14. The van der Waals surface area contributed by atoms with E-state index in [2.05, 4.69) is 15.0 Å². The van der Waals surface area contributed by atoms with Crippen LogP contribution in [0.5, 0.6) is 5.75 Å². The molecule has 148 valence electrons. The van der Waals surface area contributed by atoms with Crippen LogP contribution >= 0.6 is 23.5 Å². The second-order valence-electron chi connectivity index (χ2n) is 5.78. The number of nitrogens with one attached hydrogen (secondary N) is 1. The fourth-order valence-electron chi connectivity index (χ4n) is 2.55. The van der Waals surface area contributed by atoms with Gasteiger partial charge in [-0.1, -0.05) is 59.9 Å². The Morgan fingerprint density at radius 2 is 1.86 bits per heavy atom. The van der Waals surface area contributed by atoms with Gasteiger partial charge >= 0.3 is 6.36 Å². The van der Waals surface area contributed by atoms with Gasteiger partial charge in [-0.25, -0.2) is 0 Å². The first-order valence-corrected chi connectivity index (χ1v) is 10.4. The number of hydrogen-bond donors (Lipinski definition) is 1.